The van der Waals surface area contributed by atoms with Gasteiger partial charge in [0.1, 0.15) is 0 Å². The highest BCUT2D eigenvalue weighted by molar-refractivity contribution is 5.32. The van der Waals surface area contributed by atoms with E-state index in [-0.39, 0.29) is 12.1 Å². The lowest BCUT2D eigenvalue weighted by Gasteiger charge is -2.34. The number of rotatable bonds is 3. The van der Waals surface area contributed by atoms with Gasteiger partial charge in [-0.1, -0.05) is 24.6 Å². The SMILES string of the molecule is Cc1ccc([C@H](N)[C@H](O)C2CCC2)cc1C. The maximum Gasteiger partial charge on any atom is 0.0760 e. The molecule has 3 N–H and O–H groups in total. The zero-order valence-corrected chi connectivity index (χ0v) is 10.1. The molecule has 0 amide bonds. The highest BCUT2D eigenvalue weighted by Gasteiger charge is 2.30. The van der Waals surface area contributed by atoms with E-state index in [1.54, 1.807) is 0 Å². The fourth-order valence-electron chi connectivity index (χ4n) is 2.24. The van der Waals surface area contributed by atoms with Gasteiger partial charge in [0.15, 0.2) is 0 Å². The van der Waals surface area contributed by atoms with Crippen LogP contribution in [0.25, 0.3) is 0 Å². The molecule has 2 rings (SSSR count). The van der Waals surface area contributed by atoms with E-state index in [0.717, 1.165) is 18.4 Å². The van der Waals surface area contributed by atoms with Gasteiger partial charge in [-0.3, -0.25) is 0 Å². The van der Waals surface area contributed by atoms with Gasteiger partial charge in [0.05, 0.1) is 12.1 Å². The van der Waals surface area contributed by atoms with Crippen molar-refractivity contribution in [3.8, 4) is 0 Å². The van der Waals surface area contributed by atoms with E-state index in [2.05, 4.69) is 26.0 Å². The van der Waals surface area contributed by atoms with Crippen LogP contribution in [0.15, 0.2) is 18.2 Å². The van der Waals surface area contributed by atoms with Crippen molar-refractivity contribution in [2.45, 2.75) is 45.3 Å². The Bertz CT molecular complexity index is 371. The molecule has 0 heterocycles. The molecule has 88 valence electrons. The Hall–Kier alpha value is -0.860. The zero-order chi connectivity index (χ0) is 11.7. The summed E-state index contributed by atoms with van der Waals surface area (Å²) in [7, 11) is 0. The lowest BCUT2D eigenvalue weighted by molar-refractivity contribution is 0.0413. The number of nitrogens with two attached hydrogens (primary N) is 1. The van der Waals surface area contributed by atoms with Gasteiger partial charge in [0, 0.05) is 0 Å². The van der Waals surface area contributed by atoms with Crippen LogP contribution in [0.3, 0.4) is 0 Å². The van der Waals surface area contributed by atoms with Crippen LogP contribution in [0.5, 0.6) is 0 Å². The molecule has 0 radical (unpaired) electrons. The topological polar surface area (TPSA) is 46.2 Å². The second kappa shape index (κ2) is 4.56. The van der Waals surface area contributed by atoms with E-state index in [1.165, 1.54) is 17.5 Å². The molecular weight excluding hydrogens is 198 g/mol. The molecule has 0 unspecified atom stereocenters. The fraction of sp³-hybridized carbons (Fsp3) is 0.571. The van der Waals surface area contributed by atoms with Crippen LogP contribution in [0.1, 0.15) is 42.0 Å². The van der Waals surface area contributed by atoms with E-state index in [4.69, 9.17) is 5.73 Å². The third-order valence-electron chi connectivity index (χ3n) is 3.92. The fourth-order valence-corrected chi connectivity index (χ4v) is 2.24. The lowest BCUT2D eigenvalue weighted by atomic mass is 9.77. The summed E-state index contributed by atoms with van der Waals surface area (Å²) in [5.41, 5.74) is 9.69. The number of hydrogen-bond donors (Lipinski definition) is 2. The van der Waals surface area contributed by atoms with Crippen LogP contribution >= 0.6 is 0 Å². The Labute approximate surface area is 97.5 Å². The first-order chi connectivity index (χ1) is 7.59. The molecule has 0 aliphatic heterocycles. The van der Waals surface area contributed by atoms with Crippen LogP contribution in [-0.4, -0.2) is 11.2 Å². The number of aryl methyl sites for hydroxylation is 2. The van der Waals surface area contributed by atoms with E-state index in [1.807, 2.05) is 6.07 Å². The highest BCUT2D eigenvalue weighted by atomic mass is 16.3. The predicted molar refractivity (Wildman–Crippen MR) is 66.2 cm³/mol. The Morgan fingerprint density at radius 3 is 2.44 bits per heavy atom. The Kier molecular flexibility index (Phi) is 3.31. The van der Waals surface area contributed by atoms with Gasteiger partial charge >= 0.3 is 0 Å². The third-order valence-corrected chi connectivity index (χ3v) is 3.92. The Morgan fingerprint density at radius 1 is 1.25 bits per heavy atom. The second-order valence-corrected chi connectivity index (χ2v) is 5.05. The Morgan fingerprint density at radius 2 is 1.94 bits per heavy atom. The summed E-state index contributed by atoms with van der Waals surface area (Å²) < 4.78 is 0. The molecule has 0 bridgehead atoms. The van der Waals surface area contributed by atoms with E-state index >= 15 is 0 Å². The average molecular weight is 219 g/mol. The predicted octanol–water partition coefficient (Wildman–Crippen LogP) is 2.46. The molecule has 1 fully saturated rings. The van der Waals surface area contributed by atoms with Crippen molar-refractivity contribution in [3.05, 3.63) is 34.9 Å². The average Bonchev–Trinajstić information content (AvgIpc) is 2.18. The first-order valence-corrected chi connectivity index (χ1v) is 6.10. The third kappa shape index (κ3) is 2.13. The molecule has 2 atom stereocenters. The summed E-state index contributed by atoms with van der Waals surface area (Å²) in [5, 5.41) is 10.1. The molecule has 1 aliphatic rings. The van der Waals surface area contributed by atoms with Gasteiger partial charge in [-0.25, -0.2) is 0 Å². The number of hydrogen-bond acceptors (Lipinski definition) is 2. The maximum absolute atomic E-state index is 10.1. The molecule has 2 heteroatoms. The molecule has 1 saturated carbocycles. The zero-order valence-electron chi connectivity index (χ0n) is 10.1. The number of aliphatic hydroxyl groups is 1. The molecule has 2 nitrogen and oxygen atoms in total. The lowest BCUT2D eigenvalue weighted by Crippen LogP contribution is -2.36. The first kappa shape index (κ1) is 11.6. The van der Waals surface area contributed by atoms with Gasteiger partial charge in [0.25, 0.3) is 0 Å². The van der Waals surface area contributed by atoms with Crippen molar-refractivity contribution < 1.29 is 5.11 Å². The van der Waals surface area contributed by atoms with E-state index in [9.17, 15) is 5.11 Å². The molecular formula is C14H21NO. The van der Waals surface area contributed by atoms with Gasteiger partial charge in [-0.15, -0.1) is 0 Å². The molecule has 0 saturated heterocycles. The standard InChI is InChI=1S/C14H21NO/c1-9-6-7-12(8-10(9)2)13(15)14(16)11-4-3-5-11/h6-8,11,13-14,16H,3-5,15H2,1-2H3/t13-,14+/m0/s1. The summed E-state index contributed by atoms with van der Waals surface area (Å²) in [4.78, 5) is 0. The molecule has 16 heavy (non-hydrogen) atoms. The molecule has 1 aliphatic carbocycles. The smallest absolute Gasteiger partial charge is 0.0760 e. The van der Waals surface area contributed by atoms with Crippen LogP contribution in [0.2, 0.25) is 0 Å². The van der Waals surface area contributed by atoms with Crippen molar-refractivity contribution >= 4 is 0 Å². The quantitative estimate of drug-likeness (QED) is 0.820. The second-order valence-electron chi connectivity index (χ2n) is 5.05. The van der Waals surface area contributed by atoms with Crippen LogP contribution in [0, 0.1) is 19.8 Å². The first-order valence-electron chi connectivity index (χ1n) is 6.10. The van der Waals surface area contributed by atoms with Gasteiger partial charge in [-0.05, 0) is 49.3 Å². The van der Waals surface area contributed by atoms with E-state index in [0.29, 0.717) is 5.92 Å². The van der Waals surface area contributed by atoms with Crippen molar-refractivity contribution in [1.29, 1.82) is 0 Å². The minimum absolute atomic E-state index is 0.232. The number of aliphatic hydroxyl groups excluding tert-OH is 1. The largest absolute Gasteiger partial charge is 0.391 e. The summed E-state index contributed by atoms with van der Waals surface area (Å²) in [5.74, 6) is 0.414. The normalized spacial score (nSPS) is 20.2. The van der Waals surface area contributed by atoms with E-state index < -0.39 is 0 Å². The summed E-state index contributed by atoms with van der Waals surface area (Å²) in [6.45, 7) is 4.17. The van der Waals surface area contributed by atoms with Crippen LogP contribution in [-0.2, 0) is 0 Å². The van der Waals surface area contributed by atoms with Crippen LogP contribution < -0.4 is 5.73 Å². The van der Waals surface area contributed by atoms with Gasteiger partial charge in [-0.2, -0.15) is 0 Å². The van der Waals surface area contributed by atoms with Crippen molar-refractivity contribution in [3.63, 3.8) is 0 Å². The van der Waals surface area contributed by atoms with Crippen molar-refractivity contribution in [2.24, 2.45) is 11.7 Å². The van der Waals surface area contributed by atoms with Crippen molar-refractivity contribution in [2.75, 3.05) is 0 Å². The monoisotopic (exact) mass is 219 g/mol. The molecule has 1 aromatic carbocycles. The van der Waals surface area contributed by atoms with Crippen LogP contribution in [0.4, 0.5) is 0 Å². The highest BCUT2D eigenvalue weighted by Crippen LogP contribution is 2.34. The Balaban J connectivity index is 2.12. The van der Waals surface area contributed by atoms with Crippen molar-refractivity contribution in [1.82, 2.24) is 0 Å². The van der Waals surface area contributed by atoms with Gasteiger partial charge < -0.3 is 10.8 Å². The minimum Gasteiger partial charge on any atom is -0.391 e. The summed E-state index contributed by atoms with van der Waals surface area (Å²) in [6.07, 6.45) is 3.11. The molecule has 1 aromatic rings. The molecule has 0 spiro atoms. The summed E-state index contributed by atoms with van der Waals surface area (Å²) in [6, 6.07) is 5.99. The maximum atomic E-state index is 10.1. The molecule has 0 aromatic heterocycles. The number of benzene rings is 1. The van der Waals surface area contributed by atoms with Gasteiger partial charge in [0.2, 0.25) is 0 Å². The summed E-state index contributed by atoms with van der Waals surface area (Å²) >= 11 is 0. The minimum atomic E-state index is -0.379.